The van der Waals surface area contributed by atoms with E-state index in [2.05, 4.69) is 28.4 Å². The fourth-order valence-electron chi connectivity index (χ4n) is 3.33. The highest BCUT2D eigenvalue weighted by molar-refractivity contribution is 6.30. The normalized spacial score (nSPS) is 17.5. The minimum Gasteiger partial charge on any atom is -0.378 e. The average Bonchev–Trinajstić information content (AvgIpc) is 3.14. The van der Waals surface area contributed by atoms with Gasteiger partial charge in [-0.05, 0) is 37.8 Å². The Labute approximate surface area is 146 Å². The molecule has 1 unspecified atom stereocenters. The van der Waals surface area contributed by atoms with Gasteiger partial charge in [-0.25, -0.2) is 0 Å². The number of ether oxygens (including phenoxy) is 1. The van der Waals surface area contributed by atoms with Crippen LogP contribution in [0, 0.1) is 0 Å². The maximum absolute atomic E-state index is 6.00. The number of benzene rings is 2. The molecule has 4 heteroatoms. The van der Waals surface area contributed by atoms with Crippen LogP contribution in [-0.2, 0) is 11.2 Å². The third-order valence-corrected chi connectivity index (χ3v) is 4.86. The number of halogens is 1. The van der Waals surface area contributed by atoms with E-state index in [0.717, 1.165) is 53.2 Å². The lowest BCUT2D eigenvalue weighted by Crippen LogP contribution is -2.08. The lowest BCUT2D eigenvalue weighted by molar-refractivity contribution is 0.104. The predicted molar refractivity (Wildman–Crippen MR) is 97.3 cm³/mol. The second-order valence-electron chi connectivity index (χ2n) is 6.22. The Morgan fingerprint density at radius 2 is 1.79 bits per heavy atom. The maximum Gasteiger partial charge on any atom is 0.101 e. The Balaban J connectivity index is 1.70. The smallest absolute Gasteiger partial charge is 0.101 e. The summed E-state index contributed by atoms with van der Waals surface area (Å²) in [5, 5.41) is 12.1. The Morgan fingerprint density at radius 3 is 2.54 bits per heavy atom. The molecule has 3 nitrogen and oxygen atoms in total. The summed E-state index contributed by atoms with van der Waals surface area (Å²) in [6.45, 7) is 0.895. The molecule has 0 radical (unpaired) electrons. The fourth-order valence-corrected chi connectivity index (χ4v) is 3.46. The molecule has 0 amide bonds. The minimum atomic E-state index is 0.376. The third-order valence-electron chi connectivity index (χ3n) is 4.61. The van der Waals surface area contributed by atoms with Crippen LogP contribution >= 0.6 is 11.6 Å². The van der Waals surface area contributed by atoms with E-state index in [0.29, 0.717) is 6.10 Å². The molecule has 0 N–H and O–H groups in total. The molecule has 4 rings (SSSR count). The highest BCUT2D eigenvalue weighted by atomic mass is 35.5. The SMILES string of the molecule is Clc1ccc(-c2nnc(CCC3CCCO3)c3ccccc23)cc1. The van der Waals surface area contributed by atoms with E-state index in [-0.39, 0.29) is 0 Å². The largest absolute Gasteiger partial charge is 0.378 e. The molecule has 1 fully saturated rings. The number of aromatic nitrogens is 2. The number of hydrogen-bond donors (Lipinski definition) is 0. The minimum absolute atomic E-state index is 0.376. The Bertz CT molecular complexity index is 842. The van der Waals surface area contributed by atoms with Crippen molar-refractivity contribution >= 4 is 22.4 Å². The number of hydrogen-bond acceptors (Lipinski definition) is 3. The average molecular weight is 339 g/mol. The van der Waals surface area contributed by atoms with Crippen LogP contribution in [-0.4, -0.2) is 22.9 Å². The summed E-state index contributed by atoms with van der Waals surface area (Å²) >= 11 is 6.00. The van der Waals surface area contributed by atoms with Crippen molar-refractivity contribution in [2.75, 3.05) is 6.61 Å². The van der Waals surface area contributed by atoms with Crippen molar-refractivity contribution in [1.29, 1.82) is 0 Å². The molecule has 1 aliphatic rings. The van der Waals surface area contributed by atoms with E-state index in [4.69, 9.17) is 16.3 Å². The van der Waals surface area contributed by atoms with Crippen molar-refractivity contribution in [2.45, 2.75) is 31.8 Å². The third kappa shape index (κ3) is 3.14. The molecule has 1 saturated heterocycles. The van der Waals surface area contributed by atoms with Gasteiger partial charge in [-0.1, -0.05) is 48.0 Å². The molecule has 0 saturated carbocycles. The second-order valence-corrected chi connectivity index (χ2v) is 6.66. The van der Waals surface area contributed by atoms with Gasteiger partial charge in [-0.2, -0.15) is 5.10 Å². The first-order valence-corrected chi connectivity index (χ1v) is 8.81. The van der Waals surface area contributed by atoms with E-state index in [1.807, 2.05) is 30.3 Å². The van der Waals surface area contributed by atoms with E-state index in [1.165, 1.54) is 11.8 Å². The molecule has 122 valence electrons. The first-order valence-electron chi connectivity index (χ1n) is 8.43. The topological polar surface area (TPSA) is 35.0 Å². The van der Waals surface area contributed by atoms with Gasteiger partial charge in [0, 0.05) is 28.0 Å². The standard InChI is InChI=1S/C20H19ClN2O/c21-15-9-7-14(8-10-15)20-18-6-2-1-5-17(18)19(22-23-20)12-11-16-4-3-13-24-16/h1-2,5-10,16H,3-4,11-13H2. The summed E-state index contributed by atoms with van der Waals surface area (Å²) in [7, 11) is 0. The second kappa shape index (κ2) is 6.88. The number of nitrogens with zero attached hydrogens (tertiary/aromatic N) is 2. The molecule has 2 aromatic carbocycles. The lowest BCUT2D eigenvalue weighted by Gasteiger charge is -2.12. The first kappa shape index (κ1) is 15.6. The van der Waals surface area contributed by atoms with Gasteiger partial charge in [0.1, 0.15) is 5.69 Å². The molecule has 1 aliphatic heterocycles. The van der Waals surface area contributed by atoms with Crippen LogP contribution in [0.3, 0.4) is 0 Å². The Morgan fingerprint density at radius 1 is 1.00 bits per heavy atom. The summed E-state index contributed by atoms with van der Waals surface area (Å²) in [6.07, 6.45) is 4.63. The van der Waals surface area contributed by atoms with Crippen LogP contribution < -0.4 is 0 Å². The highest BCUT2D eigenvalue weighted by Gasteiger charge is 2.17. The van der Waals surface area contributed by atoms with Crippen molar-refractivity contribution in [3.63, 3.8) is 0 Å². The first-order chi connectivity index (χ1) is 11.8. The molecule has 0 aliphatic carbocycles. The zero-order valence-corrected chi connectivity index (χ0v) is 14.2. The van der Waals surface area contributed by atoms with Crippen LogP contribution in [0.5, 0.6) is 0 Å². The molecule has 24 heavy (non-hydrogen) atoms. The van der Waals surface area contributed by atoms with Gasteiger partial charge >= 0.3 is 0 Å². The maximum atomic E-state index is 6.00. The summed E-state index contributed by atoms with van der Waals surface area (Å²) in [4.78, 5) is 0. The van der Waals surface area contributed by atoms with E-state index in [9.17, 15) is 0 Å². The molecule has 0 spiro atoms. The molecular formula is C20H19ClN2O. The van der Waals surface area contributed by atoms with Crippen molar-refractivity contribution in [2.24, 2.45) is 0 Å². The quantitative estimate of drug-likeness (QED) is 0.666. The van der Waals surface area contributed by atoms with Gasteiger partial charge in [0.2, 0.25) is 0 Å². The van der Waals surface area contributed by atoms with Crippen molar-refractivity contribution in [1.82, 2.24) is 10.2 Å². The Hall–Kier alpha value is -1.97. The van der Waals surface area contributed by atoms with Crippen LogP contribution in [0.1, 0.15) is 25.0 Å². The van der Waals surface area contributed by atoms with Crippen molar-refractivity contribution < 1.29 is 4.74 Å². The molecular weight excluding hydrogens is 320 g/mol. The molecule has 0 bridgehead atoms. The van der Waals surface area contributed by atoms with Crippen LogP contribution in [0.4, 0.5) is 0 Å². The molecule has 3 aromatic rings. The van der Waals surface area contributed by atoms with Gasteiger partial charge in [-0.3, -0.25) is 0 Å². The van der Waals surface area contributed by atoms with E-state index >= 15 is 0 Å². The van der Waals surface area contributed by atoms with E-state index < -0.39 is 0 Å². The molecule has 1 aromatic heterocycles. The predicted octanol–water partition coefficient (Wildman–Crippen LogP) is 5.06. The van der Waals surface area contributed by atoms with Crippen LogP contribution in [0.2, 0.25) is 5.02 Å². The van der Waals surface area contributed by atoms with Crippen LogP contribution in [0.25, 0.3) is 22.0 Å². The fraction of sp³-hybridized carbons (Fsp3) is 0.300. The lowest BCUT2D eigenvalue weighted by atomic mass is 10.0. The van der Waals surface area contributed by atoms with Gasteiger partial charge in [0.25, 0.3) is 0 Å². The summed E-state index contributed by atoms with van der Waals surface area (Å²) < 4.78 is 5.73. The summed E-state index contributed by atoms with van der Waals surface area (Å²) in [5.74, 6) is 0. The number of fused-ring (bicyclic) bond motifs is 1. The number of rotatable bonds is 4. The van der Waals surface area contributed by atoms with Gasteiger partial charge in [-0.15, -0.1) is 5.10 Å². The monoisotopic (exact) mass is 338 g/mol. The van der Waals surface area contributed by atoms with Crippen LogP contribution in [0.15, 0.2) is 48.5 Å². The van der Waals surface area contributed by atoms with Gasteiger partial charge < -0.3 is 4.74 Å². The van der Waals surface area contributed by atoms with Crippen molar-refractivity contribution in [3.05, 3.63) is 59.2 Å². The Kier molecular flexibility index (Phi) is 4.46. The summed E-state index contributed by atoms with van der Waals surface area (Å²) in [6, 6.07) is 16.1. The molecule has 2 heterocycles. The number of aryl methyl sites for hydroxylation is 1. The van der Waals surface area contributed by atoms with E-state index in [1.54, 1.807) is 0 Å². The summed E-state index contributed by atoms with van der Waals surface area (Å²) in [5.41, 5.74) is 3.00. The zero-order valence-electron chi connectivity index (χ0n) is 13.4. The molecule has 1 atom stereocenters. The van der Waals surface area contributed by atoms with Gasteiger partial charge in [0.15, 0.2) is 0 Å². The zero-order chi connectivity index (χ0) is 16.4. The van der Waals surface area contributed by atoms with Crippen molar-refractivity contribution in [3.8, 4) is 11.3 Å². The van der Waals surface area contributed by atoms with Gasteiger partial charge in [0.05, 0.1) is 11.8 Å². The highest BCUT2D eigenvalue weighted by Crippen LogP contribution is 2.29.